The van der Waals surface area contributed by atoms with Gasteiger partial charge in [-0.05, 0) is 38.8 Å². The molecule has 0 fully saturated rings. The van der Waals surface area contributed by atoms with Crippen molar-refractivity contribution in [2.24, 2.45) is 0 Å². The Morgan fingerprint density at radius 3 is 2.76 bits per heavy atom. The highest BCUT2D eigenvalue weighted by atomic mass is 19.1. The summed E-state index contributed by atoms with van der Waals surface area (Å²) in [4.78, 5) is 4.10. The van der Waals surface area contributed by atoms with Crippen molar-refractivity contribution < 1.29 is 9.13 Å². The fourth-order valence-corrected chi connectivity index (χ4v) is 2.21. The summed E-state index contributed by atoms with van der Waals surface area (Å²) < 4.78 is 19.2. The van der Waals surface area contributed by atoms with Crippen LogP contribution in [0.3, 0.4) is 0 Å². The molecule has 0 amide bonds. The molecule has 1 heterocycles. The van der Waals surface area contributed by atoms with E-state index in [2.05, 4.69) is 31.1 Å². The summed E-state index contributed by atoms with van der Waals surface area (Å²) in [7, 11) is 0. The molecule has 0 aromatic carbocycles. The molecule has 1 aromatic rings. The Bertz CT molecular complexity index is 398. The van der Waals surface area contributed by atoms with Gasteiger partial charge < -0.3 is 10.1 Å². The van der Waals surface area contributed by atoms with Gasteiger partial charge in [-0.25, -0.2) is 9.37 Å². The van der Waals surface area contributed by atoms with E-state index in [0.29, 0.717) is 12.4 Å². The van der Waals surface area contributed by atoms with Crippen molar-refractivity contribution >= 4 is 0 Å². The fraction of sp³-hybridized carbons (Fsp3) is 0.706. The fourth-order valence-electron chi connectivity index (χ4n) is 2.21. The zero-order valence-corrected chi connectivity index (χ0v) is 13.6. The van der Waals surface area contributed by atoms with E-state index in [1.165, 1.54) is 37.9 Å². The van der Waals surface area contributed by atoms with Gasteiger partial charge in [-0.2, -0.15) is 0 Å². The van der Waals surface area contributed by atoms with Crippen LogP contribution in [0.4, 0.5) is 4.39 Å². The van der Waals surface area contributed by atoms with Crippen LogP contribution in [-0.2, 0) is 6.54 Å². The Labute approximate surface area is 128 Å². The molecule has 1 atom stereocenters. The van der Waals surface area contributed by atoms with Crippen molar-refractivity contribution in [3.8, 4) is 5.88 Å². The Hall–Kier alpha value is -1.16. The van der Waals surface area contributed by atoms with Gasteiger partial charge in [0.25, 0.3) is 0 Å². The van der Waals surface area contributed by atoms with Gasteiger partial charge in [0.15, 0.2) is 0 Å². The third kappa shape index (κ3) is 7.42. The van der Waals surface area contributed by atoms with Crippen LogP contribution < -0.4 is 10.1 Å². The van der Waals surface area contributed by atoms with Crippen molar-refractivity contribution in [1.29, 1.82) is 0 Å². The van der Waals surface area contributed by atoms with Crippen LogP contribution >= 0.6 is 0 Å². The Kier molecular flexibility index (Phi) is 8.99. The zero-order valence-electron chi connectivity index (χ0n) is 13.6. The van der Waals surface area contributed by atoms with Crippen LogP contribution in [0.2, 0.25) is 0 Å². The largest absolute Gasteiger partial charge is 0.474 e. The van der Waals surface area contributed by atoms with Crippen molar-refractivity contribution in [3.05, 3.63) is 23.6 Å². The second-order valence-electron chi connectivity index (χ2n) is 5.57. The summed E-state index contributed by atoms with van der Waals surface area (Å²) in [5.74, 6) is 0.245. The molecular formula is C17H29FN2O. The van der Waals surface area contributed by atoms with E-state index >= 15 is 0 Å². The van der Waals surface area contributed by atoms with E-state index in [9.17, 15) is 4.39 Å². The monoisotopic (exact) mass is 296 g/mol. The topological polar surface area (TPSA) is 34.1 Å². The second-order valence-corrected chi connectivity index (χ2v) is 5.57. The predicted molar refractivity (Wildman–Crippen MR) is 85.0 cm³/mol. The van der Waals surface area contributed by atoms with Gasteiger partial charge in [-0.15, -0.1) is 0 Å². The minimum absolute atomic E-state index is 0.116. The number of ether oxygens (including phenoxy) is 1. The lowest BCUT2D eigenvalue weighted by Gasteiger charge is -2.16. The first-order valence-corrected chi connectivity index (χ1v) is 8.19. The molecule has 1 aromatic heterocycles. The lowest BCUT2D eigenvalue weighted by atomic mass is 10.1. The highest BCUT2D eigenvalue weighted by molar-refractivity contribution is 5.26. The number of rotatable bonds is 11. The Morgan fingerprint density at radius 2 is 2.05 bits per heavy atom. The van der Waals surface area contributed by atoms with Gasteiger partial charge >= 0.3 is 0 Å². The van der Waals surface area contributed by atoms with E-state index in [4.69, 9.17) is 4.74 Å². The summed E-state index contributed by atoms with van der Waals surface area (Å²) in [6.45, 7) is 7.86. The van der Waals surface area contributed by atoms with E-state index in [-0.39, 0.29) is 11.9 Å². The number of aromatic nitrogens is 1. The van der Waals surface area contributed by atoms with Crippen LogP contribution in [0.25, 0.3) is 0 Å². The third-order valence-electron chi connectivity index (χ3n) is 3.41. The van der Waals surface area contributed by atoms with Gasteiger partial charge in [0.2, 0.25) is 5.88 Å². The number of hydrogen-bond acceptors (Lipinski definition) is 3. The number of halogens is 1. The molecule has 0 aliphatic carbocycles. The highest BCUT2D eigenvalue weighted by Crippen LogP contribution is 2.19. The normalized spacial score (nSPS) is 12.4. The minimum Gasteiger partial charge on any atom is -0.474 e. The van der Waals surface area contributed by atoms with Crippen LogP contribution in [0, 0.1) is 5.82 Å². The molecule has 21 heavy (non-hydrogen) atoms. The summed E-state index contributed by atoms with van der Waals surface area (Å²) in [5, 5.41) is 3.27. The lowest BCUT2D eigenvalue weighted by Crippen LogP contribution is -2.18. The van der Waals surface area contributed by atoms with Crippen LogP contribution in [0.1, 0.15) is 64.9 Å². The van der Waals surface area contributed by atoms with E-state index in [1.54, 1.807) is 0 Å². The average Bonchev–Trinajstić information content (AvgIpc) is 2.47. The highest BCUT2D eigenvalue weighted by Gasteiger charge is 2.11. The Balaban J connectivity index is 2.51. The van der Waals surface area contributed by atoms with E-state index < -0.39 is 0 Å². The zero-order chi connectivity index (χ0) is 15.5. The predicted octanol–water partition coefficient (Wildman–Crippen LogP) is 4.46. The summed E-state index contributed by atoms with van der Waals surface area (Å²) in [6.07, 6.45) is 8.32. The van der Waals surface area contributed by atoms with E-state index in [1.807, 2.05) is 0 Å². The molecule has 1 unspecified atom stereocenters. The summed E-state index contributed by atoms with van der Waals surface area (Å²) >= 11 is 0. The number of nitrogens with one attached hydrogen (secondary N) is 1. The van der Waals surface area contributed by atoms with Crippen molar-refractivity contribution in [3.63, 3.8) is 0 Å². The molecule has 1 rings (SSSR count). The molecule has 0 saturated carbocycles. The maximum absolute atomic E-state index is 13.3. The first-order chi connectivity index (χ1) is 10.2. The quantitative estimate of drug-likeness (QED) is 0.612. The maximum Gasteiger partial charge on any atom is 0.218 e. The van der Waals surface area contributed by atoms with Gasteiger partial charge in [0.05, 0.1) is 12.3 Å². The molecule has 1 N–H and O–H groups in total. The van der Waals surface area contributed by atoms with Crippen molar-refractivity contribution in [1.82, 2.24) is 10.3 Å². The minimum atomic E-state index is -0.314. The number of hydrogen-bond donors (Lipinski definition) is 1. The number of pyridine rings is 1. The molecule has 0 saturated heterocycles. The van der Waals surface area contributed by atoms with Crippen molar-refractivity contribution in [2.75, 3.05) is 6.54 Å². The Morgan fingerprint density at radius 1 is 1.24 bits per heavy atom. The molecule has 4 heteroatoms. The van der Waals surface area contributed by atoms with Crippen LogP contribution in [0.5, 0.6) is 5.88 Å². The smallest absolute Gasteiger partial charge is 0.218 e. The molecule has 120 valence electrons. The first-order valence-electron chi connectivity index (χ1n) is 8.19. The van der Waals surface area contributed by atoms with Gasteiger partial charge in [-0.1, -0.05) is 33.1 Å². The molecule has 3 nitrogen and oxygen atoms in total. The molecule has 0 aliphatic rings. The van der Waals surface area contributed by atoms with Gasteiger partial charge in [0.1, 0.15) is 5.82 Å². The van der Waals surface area contributed by atoms with Crippen LogP contribution in [-0.4, -0.2) is 17.6 Å². The second kappa shape index (κ2) is 10.6. The average molecular weight is 296 g/mol. The maximum atomic E-state index is 13.3. The lowest BCUT2D eigenvalue weighted by molar-refractivity contribution is 0.195. The summed E-state index contributed by atoms with van der Waals surface area (Å²) in [6, 6.07) is 1.51. The van der Waals surface area contributed by atoms with Crippen molar-refractivity contribution in [2.45, 2.75) is 71.9 Å². The first kappa shape index (κ1) is 17.9. The van der Waals surface area contributed by atoms with E-state index in [0.717, 1.165) is 24.9 Å². The number of nitrogens with zero attached hydrogens (tertiary/aromatic N) is 1. The molecular weight excluding hydrogens is 267 g/mol. The van der Waals surface area contributed by atoms with Gasteiger partial charge in [-0.3, -0.25) is 0 Å². The SMILES string of the molecule is CCCCCCC(C)Oc1ncc(F)cc1CNCCC. The standard InChI is InChI=1S/C17H29FN2O/c1-4-6-7-8-9-14(3)21-17-15(12-19-10-5-2)11-16(18)13-20-17/h11,13-14,19H,4-10,12H2,1-3H3. The van der Waals surface area contributed by atoms with Gasteiger partial charge in [0, 0.05) is 12.1 Å². The molecule has 0 aliphatic heterocycles. The molecule has 0 bridgehead atoms. The molecule has 0 radical (unpaired) electrons. The molecule has 0 spiro atoms. The van der Waals surface area contributed by atoms with Crippen LogP contribution in [0.15, 0.2) is 12.3 Å². The summed E-state index contributed by atoms with van der Waals surface area (Å²) in [5.41, 5.74) is 0.795. The number of unbranched alkanes of at least 4 members (excludes halogenated alkanes) is 3. The third-order valence-corrected chi connectivity index (χ3v) is 3.41.